The second kappa shape index (κ2) is 13.5. The Labute approximate surface area is 330 Å². The third-order valence-electron chi connectivity index (χ3n) is 10.4. The second-order valence-electron chi connectivity index (χ2n) is 14.1. The Morgan fingerprint density at radius 3 is 2.07 bits per heavy atom. The van der Waals surface area contributed by atoms with Crippen LogP contribution in [-0.2, 0) is 11.0 Å². The van der Waals surface area contributed by atoms with Crippen LogP contribution >= 0.6 is 11.8 Å². The fourth-order valence-corrected chi connectivity index (χ4v) is 8.87. The van der Waals surface area contributed by atoms with Gasteiger partial charge < -0.3 is 5.32 Å². The van der Waals surface area contributed by atoms with Crippen LogP contribution in [0.3, 0.4) is 0 Å². The lowest BCUT2D eigenvalue weighted by Gasteiger charge is -2.27. The van der Waals surface area contributed by atoms with Gasteiger partial charge in [0.15, 0.2) is 11.6 Å². The summed E-state index contributed by atoms with van der Waals surface area (Å²) in [5.74, 6) is 0.992. The Balaban J connectivity index is 1.15. The molecule has 0 amide bonds. The number of pyridine rings is 2. The lowest BCUT2D eigenvalue weighted by molar-refractivity contribution is -0.137. The molecule has 276 valence electrons. The third-order valence-corrected chi connectivity index (χ3v) is 11.8. The van der Waals surface area contributed by atoms with Crippen LogP contribution < -0.4 is 5.32 Å². The smallest absolute Gasteiger partial charge is 0.366 e. The van der Waals surface area contributed by atoms with Gasteiger partial charge in [0.25, 0.3) is 0 Å². The molecule has 0 saturated carbocycles. The van der Waals surface area contributed by atoms with Crippen molar-refractivity contribution in [1.29, 1.82) is 0 Å². The van der Waals surface area contributed by atoms with Crippen molar-refractivity contribution in [1.82, 2.24) is 24.7 Å². The van der Waals surface area contributed by atoms with Gasteiger partial charge in [0.1, 0.15) is 4.87 Å². The van der Waals surface area contributed by atoms with Crippen LogP contribution in [0.2, 0.25) is 0 Å². The molecule has 4 heterocycles. The molecule has 1 unspecified atom stereocenters. The van der Waals surface area contributed by atoms with Crippen LogP contribution in [0.4, 0.5) is 18.9 Å². The molecule has 1 N–H and O–H groups in total. The highest BCUT2D eigenvalue weighted by Gasteiger charge is 2.36. The van der Waals surface area contributed by atoms with E-state index in [9.17, 15) is 13.2 Å². The van der Waals surface area contributed by atoms with Crippen molar-refractivity contribution in [3.8, 4) is 50.7 Å². The summed E-state index contributed by atoms with van der Waals surface area (Å²) in [6, 6.07) is 48.2. The molecule has 10 heteroatoms. The SMILES string of the molecule is CC1(c2cc(-c3cccc(-c4nnc(-c5ccc(C(F)(F)F)cc5)n4-c4ccccc4)c3)cc(-c3cc4cccnc4c4ncccc34)c2)Nc2ccccc2S1. The molecular weight excluding hydrogens is 738 g/mol. The number of fused-ring (bicyclic) bond motifs is 4. The van der Waals surface area contributed by atoms with Crippen molar-refractivity contribution in [2.24, 2.45) is 0 Å². The van der Waals surface area contributed by atoms with Gasteiger partial charge >= 0.3 is 6.18 Å². The van der Waals surface area contributed by atoms with Gasteiger partial charge in [-0.3, -0.25) is 14.5 Å². The summed E-state index contributed by atoms with van der Waals surface area (Å²) in [5, 5.41) is 15.0. The molecule has 9 aromatic rings. The van der Waals surface area contributed by atoms with Crippen molar-refractivity contribution in [2.75, 3.05) is 5.32 Å². The first-order valence-electron chi connectivity index (χ1n) is 18.4. The summed E-state index contributed by atoms with van der Waals surface area (Å²) in [7, 11) is 0. The first-order valence-corrected chi connectivity index (χ1v) is 19.2. The summed E-state index contributed by atoms with van der Waals surface area (Å²) in [4.78, 5) is 10.2. The highest BCUT2D eigenvalue weighted by atomic mass is 32.2. The number of hydrogen-bond acceptors (Lipinski definition) is 6. The van der Waals surface area contributed by atoms with E-state index >= 15 is 0 Å². The monoisotopic (exact) mass is 768 g/mol. The van der Waals surface area contributed by atoms with Gasteiger partial charge in [-0.1, -0.05) is 84.6 Å². The standard InChI is InChI=1S/C47H31F3N6S/c1-46(53-40-16-5-6-17-41(40)57-46)36-26-33(25-34(27-36)39-28-31-12-8-22-51-42(31)43-38(39)15-9-23-52-43)30-10-7-11-32(24-30)45-55-54-44(56(45)37-13-3-2-4-14-37)29-18-20-35(21-19-29)47(48,49)50/h2-28,53H,1H3. The Hall–Kier alpha value is -6.78. The molecule has 1 aliphatic rings. The predicted molar refractivity (Wildman–Crippen MR) is 222 cm³/mol. The number of hydrogen-bond donors (Lipinski definition) is 1. The number of aromatic nitrogens is 5. The number of halogens is 3. The minimum absolute atomic E-state index is 0.433. The molecule has 57 heavy (non-hydrogen) atoms. The highest BCUT2D eigenvalue weighted by Crippen LogP contribution is 2.52. The maximum atomic E-state index is 13.5. The summed E-state index contributed by atoms with van der Waals surface area (Å²) in [5.41, 5.74) is 9.31. The number of rotatable bonds is 6. The maximum Gasteiger partial charge on any atom is 0.416 e. The van der Waals surface area contributed by atoms with Crippen LogP contribution in [0.25, 0.3) is 72.5 Å². The zero-order chi connectivity index (χ0) is 38.7. The number of para-hydroxylation sites is 2. The fourth-order valence-electron chi connectivity index (χ4n) is 7.66. The Morgan fingerprint density at radius 2 is 1.28 bits per heavy atom. The van der Waals surface area contributed by atoms with Crippen LogP contribution in [0.1, 0.15) is 18.1 Å². The first kappa shape index (κ1) is 34.7. The summed E-state index contributed by atoms with van der Waals surface area (Å²) >= 11 is 1.79. The van der Waals surface area contributed by atoms with Crippen LogP contribution in [-0.4, -0.2) is 24.7 Å². The van der Waals surface area contributed by atoms with Crippen LogP contribution in [0.15, 0.2) is 169 Å². The van der Waals surface area contributed by atoms with Gasteiger partial charge in [0.2, 0.25) is 0 Å². The minimum Gasteiger partial charge on any atom is -0.366 e. The van der Waals surface area contributed by atoms with E-state index in [0.29, 0.717) is 17.2 Å². The molecule has 0 spiro atoms. The zero-order valence-electron chi connectivity index (χ0n) is 30.4. The van der Waals surface area contributed by atoms with E-state index in [-0.39, 0.29) is 0 Å². The molecule has 0 fully saturated rings. The normalized spacial score (nSPS) is 15.2. The van der Waals surface area contributed by atoms with E-state index in [2.05, 4.69) is 89.2 Å². The molecule has 1 aliphatic heterocycles. The number of nitrogens with one attached hydrogen (secondary N) is 1. The number of anilines is 1. The van der Waals surface area contributed by atoms with E-state index in [1.807, 2.05) is 71.4 Å². The predicted octanol–water partition coefficient (Wildman–Crippen LogP) is 12.4. The zero-order valence-corrected chi connectivity index (χ0v) is 31.2. The fraction of sp³-hybridized carbons (Fsp3) is 0.0638. The molecule has 0 saturated heterocycles. The quantitative estimate of drug-likeness (QED) is 0.170. The van der Waals surface area contributed by atoms with Gasteiger partial charge in [-0.15, -0.1) is 10.2 Å². The lowest BCUT2D eigenvalue weighted by atomic mass is 9.90. The first-order chi connectivity index (χ1) is 27.7. The summed E-state index contributed by atoms with van der Waals surface area (Å²) < 4.78 is 42.3. The average Bonchev–Trinajstić information content (AvgIpc) is 3.85. The number of nitrogens with zero attached hydrogens (tertiary/aromatic N) is 5. The minimum atomic E-state index is -4.45. The van der Waals surface area contributed by atoms with E-state index in [0.717, 1.165) is 78.7 Å². The van der Waals surface area contributed by atoms with Crippen molar-refractivity contribution < 1.29 is 13.2 Å². The Morgan fingerprint density at radius 1 is 0.596 bits per heavy atom. The molecule has 1 atom stereocenters. The van der Waals surface area contributed by atoms with Gasteiger partial charge in [-0.2, -0.15) is 13.2 Å². The van der Waals surface area contributed by atoms with E-state index in [1.165, 1.54) is 17.0 Å². The highest BCUT2D eigenvalue weighted by molar-refractivity contribution is 8.00. The van der Waals surface area contributed by atoms with Gasteiger partial charge in [0.05, 0.1) is 16.6 Å². The average molecular weight is 769 g/mol. The topological polar surface area (TPSA) is 68.5 Å². The largest absolute Gasteiger partial charge is 0.416 e. The Bertz CT molecular complexity index is 2950. The van der Waals surface area contributed by atoms with E-state index in [4.69, 9.17) is 9.97 Å². The molecule has 6 nitrogen and oxygen atoms in total. The van der Waals surface area contributed by atoms with Crippen molar-refractivity contribution in [2.45, 2.75) is 22.9 Å². The van der Waals surface area contributed by atoms with Gasteiger partial charge in [-0.25, -0.2) is 0 Å². The number of benzene rings is 6. The molecule has 0 bridgehead atoms. The summed E-state index contributed by atoms with van der Waals surface area (Å²) in [6.45, 7) is 2.21. The molecule has 10 rings (SSSR count). The number of alkyl halides is 3. The number of thioether (sulfide) groups is 1. The van der Waals surface area contributed by atoms with Crippen LogP contribution in [0, 0.1) is 0 Å². The second-order valence-corrected chi connectivity index (χ2v) is 15.6. The van der Waals surface area contributed by atoms with E-state index in [1.54, 1.807) is 18.0 Å². The molecular formula is C47H31F3N6S. The van der Waals surface area contributed by atoms with Crippen molar-refractivity contribution in [3.63, 3.8) is 0 Å². The van der Waals surface area contributed by atoms with Gasteiger partial charge in [-0.05, 0) is 114 Å². The lowest BCUT2D eigenvalue weighted by Crippen LogP contribution is -2.23. The molecule has 0 aliphatic carbocycles. The molecule has 0 radical (unpaired) electrons. The van der Waals surface area contributed by atoms with Crippen LogP contribution in [0.5, 0.6) is 0 Å². The Kier molecular flexibility index (Phi) is 8.19. The molecule has 6 aromatic carbocycles. The van der Waals surface area contributed by atoms with Gasteiger partial charge in [0, 0.05) is 50.6 Å². The third kappa shape index (κ3) is 6.18. The maximum absolute atomic E-state index is 13.5. The van der Waals surface area contributed by atoms with Crippen molar-refractivity contribution in [3.05, 3.63) is 175 Å². The van der Waals surface area contributed by atoms with Crippen molar-refractivity contribution >= 4 is 39.3 Å². The molecule has 3 aromatic heterocycles. The summed E-state index contributed by atoms with van der Waals surface area (Å²) in [6.07, 6.45) is -0.839. The van der Waals surface area contributed by atoms with E-state index < -0.39 is 16.6 Å².